The number of methoxy groups -OCH3 is 1. The van der Waals surface area contributed by atoms with Crippen molar-refractivity contribution in [2.24, 2.45) is 5.92 Å². The number of carbonyl (C=O) groups is 1. The van der Waals surface area contributed by atoms with Crippen molar-refractivity contribution in [1.82, 2.24) is 0 Å². The molecular formula is C13H17NO4. The highest BCUT2D eigenvalue weighted by Gasteiger charge is 2.17. The van der Waals surface area contributed by atoms with Crippen molar-refractivity contribution in [3.8, 4) is 5.75 Å². The summed E-state index contributed by atoms with van der Waals surface area (Å²) in [5, 5.41) is 10.9. The number of hydrogen-bond acceptors (Lipinski definition) is 4. The Labute approximate surface area is 106 Å². The summed E-state index contributed by atoms with van der Waals surface area (Å²) in [6.45, 7) is 3.65. The number of ether oxygens (including phenoxy) is 1. The molecule has 0 aliphatic heterocycles. The highest BCUT2D eigenvalue weighted by molar-refractivity contribution is 5.80. The summed E-state index contributed by atoms with van der Waals surface area (Å²) in [4.78, 5) is 21.9. The van der Waals surface area contributed by atoms with E-state index in [1.165, 1.54) is 13.2 Å². The lowest BCUT2D eigenvalue weighted by Crippen LogP contribution is -2.12. The number of ketones is 1. The Balaban J connectivity index is 2.95. The Bertz CT molecular complexity index is 456. The van der Waals surface area contributed by atoms with E-state index in [4.69, 9.17) is 4.74 Å². The van der Waals surface area contributed by atoms with Crippen LogP contribution in [-0.2, 0) is 11.2 Å². The molecule has 0 aliphatic carbocycles. The van der Waals surface area contributed by atoms with Gasteiger partial charge in [-0.15, -0.1) is 0 Å². The summed E-state index contributed by atoms with van der Waals surface area (Å²) < 4.78 is 4.93. The molecule has 0 saturated carbocycles. The Kier molecular flexibility index (Phi) is 4.83. The van der Waals surface area contributed by atoms with Crippen LogP contribution in [0.15, 0.2) is 18.2 Å². The number of Topliss-reactive ketones (excluding diaryl/α,β-unsaturated/α-hetero) is 1. The van der Waals surface area contributed by atoms with Crippen molar-refractivity contribution in [3.63, 3.8) is 0 Å². The lowest BCUT2D eigenvalue weighted by molar-refractivity contribution is -0.385. The van der Waals surface area contributed by atoms with Gasteiger partial charge < -0.3 is 4.74 Å². The van der Waals surface area contributed by atoms with Gasteiger partial charge in [-0.3, -0.25) is 14.9 Å². The first-order valence-electron chi connectivity index (χ1n) is 5.83. The van der Waals surface area contributed by atoms with E-state index in [0.29, 0.717) is 12.8 Å². The maximum Gasteiger partial charge on any atom is 0.311 e. The largest absolute Gasteiger partial charge is 0.490 e. The van der Waals surface area contributed by atoms with Crippen LogP contribution in [0.25, 0.3) is 0 Å². The second kappa shape index (κ2) is 6.14. The molecule has 1 rings (SSSR count). The smallest absolute Gasteiger partial charge is 0.311 e. The second-order valence-electron chi connectivity index (χ2n) is 4.19. The van der Waals surface area contributed by atoms with Crippen LogP contribution in [0, 0.1) is 16.0 Å². The predicted molar refractivity (Wildman–Crippen MR) is 67.8 cm³/mol. The van der Waals surface area contributed by atoms with Crippen LogP contribution in [0.5, 0.6) is 5.75 Å². The fourth-order valence-electron chi connectivity index (χ4n) is 1.82. The molecule has 1 aromatic carbocycles. The average Bonchev–Trinajstić information content (AvgIpc) is 2.37. The third-order valence-electron chi connectivity index (χ3n) is 2.88. The first kappa shape index (κ1) is 14.2. The van der Waals surface area contributed by atoms with Gasteiger partial charge in [0.1, 0.15) is 5.78 Å². The van der Waals surface area contributed by atoms with E-state index in [1.807, 2.05) is 13.8 Å². The van der Waals surface area contributed by atoms with Crippen LogP contribution in [0.4, 0.5) is 5.69 Å². The van der Waals surface area contributed by atoms with Gasteiger partial charge in [-0.2, -0.15) is 0 Å². The average molecular weight is 251 g/mol. The minimum absolute atomic E-state index is 0.0638. The summed E-state index contributed by atoms with van der Waals surface area (Å²) in [5.41, 5.74) is 0.711. The topological polar surface area (TPSA) is 69.4 Å². The van der Waals surface area contributed by atoms with E-state index >= 15 is 0 Å². The molecule has 0 saturated heterocycles. The van der Waals surface area contributed by atoms with Gasteiger partial charge in [-0.05, 0) is 18.1 Å². The molecule has 0 aliphatic rings. The fourth-order valence-corrected chi connectivity index (χ4v) is 1.82. The Morgan fingerprint density at radius 1 is 1.50 bits per heavy atom. The van der Waals surface area contributed by atoms with Crippen molar-refractivity contribution < 1.29 is 14.5 Å². The predicted octanol–water partition coefficient (Wildman–Crippen LogP) is 2.76. The summed E-state index contributed by atoms with van der Waals surface area (Å²) >= 11 is 0. The van der Waals surface area contributed by atoms with Crippen LogP contribution in [0.1, 0.15) is 25.8 Å². The van der Waals surface area contributed by atoms with Crippen LogP contribution in [-0.4, -0.2) is 17.8 Å². The van der Waals surface area contributed by atoms with Gasteiger partial charge in [0, 0.05) is 18.4 Å². The quantitative estimate of drug-likeness (QED) is 0.575. The number of nitrogens with zero attached hydrogens (tertiary/aromatic N) is 1. The van der Waals surface area contributed by atoms with Gasteiger partial charge >= 0.3 is 5.69 Å². The van der Waals surface area contributed by atoms with E-state index in [-0.39, 0.29) is 23.1 Å². The molecule has 0 radical (unpaired) electrons. The van der Waals surface area contributed by atoms with Gasteiger partial charge in [0.15, 0.2) is 5.75 Å². The van der Waals surface area contributed by atoms with Gasteiger partial charge in [0.2, 0.25) is 0 Å². The standard InChI is InChI=1S/C13H17NO4/c1-4-12(15)9(2)7-10-5-6-13(18-3)11(8-10)14(16)17/h5-6,8-9H,4,7H2,1-3H3. The van der Waals surface area contributed by atoms with Crippen LogP contribution in [0.2, 0.25) is 0 Å². The zero-order valence-electron chi connectivity index (χ0n) is 10.8. The van der Waals surface area contributed by atoms with E-state index in [1.54, 1.807) is 12.1 Å². The Morgan fingerprint density at radius 3 is 2.67 bits per heavy atom. The maximum atomic E-state index is 11.5. The molecular weight excluding hydrogens is 234 g/mol. The molecule has 1 atom stereocenters. The zero-order chi connectivity index (χ0) is 13.7. The first-order chi connectivity index (χ1) is 8.49. The lowest BCUT2D eigenvalue weighted by atomic mass is 9.95. The first-order valence-corrected chi connectivity index (χ1v) is 5.83. The molecule has 0 heterocycles. The molecule has 0 bridgehead atoms. The number of hydrogen-bond donors (Lipinski definition) is 0. The molecule has 1 unspecified atom stereocenters. The van der Waals surface area contributed by atoms with Crippen molar-refractivity contribution in [2.45, 2.75) is 26.7 Å². The molecule has 0 amide bonds. The molecule has 18 heavy (non-hydrogen) atoms. The van der Waals surface area contributed by atoms with Crippen LogP contribution in [0.3, 0.4) is 0 Å². The number of rotatable bonds is 6. The van der Waals surface area contributed by atoms with Crippen molar-refractivity contribution in [3.05, 3.63) is 33.9 Å². The molecule has 98 valence electrons. The number of benzene rings is 1. The molecule has 0 fully saturated rings. The van der Waals surface area contributed by atoms with E-state index in [9.17, 15) is 14.9 Å². The minimum atomic E-state index is -0.478. The van der Waals surface area contributed by atoms with Crippen LogP contribution >= 0.6 is 0 Å². The van der Waals surface area contributed by atoms with Gasteiger partial charge in [0.25, 0.3) is 0 Å². The summed E-state index contributed by atoms with van der Waals surface area (Å²) in [7, 11) is 1.39. The van der Waals surface area contributed by atoms with Crippen molar-refractivity contribution >= 4 is 11.5 Å². The van der Waals surface area contributed by atoms with Gasteiger partial charge in [-0.25, -0.2) is 0 Å². The Morgan fingerprint density at radius 2 is 2.17 bits per heavy atom. The molecule has 1 aromatic rings. The molecule has 0 aromatic heterocycles. The van der Waals surface area contributed by atoms with Crippen molar-refractivity contribution in [2.75, 3.05) is 7.11 Å². The third-order valence-corrected chi connectivity index (χ3v) is 2.88. The molecule has 5 heteroatoms. The zero-order valence-corrected chi connectivity index (χ0v) is 10.8. The van der Waals surface area contributed by atoms with E-state index < -0.39 is 4.92 Å². The van der Waals surface area contributed by atoms with E-state index in [2.05, 4.69) is 0 Å². The van der Waals surface area contributed by atoms with Crippen molar-refractivity contribution in [1.29, 1.82) is 0 Å². The Hall–Kier alpha value is -1.91. The fraction of sp³-hybridized carbons (Fsp3) is 0.462. The lowest BCUT2D eigenvalue weighted by Gasteiger charge is -2.10. The molecule has 5 nitrogen and oxygen atoms in total. The normalized spacial score (nSPS) is 11.9. The number of carbonyl (C=O) groups excluding carboxylic acids is 1. The van der Waals surface area contributed by atoms with Gasteiger partial charge in [-0.1, -0.05) is 19.9 Å². The summed E-state index contributed by atoms with van der Waals surface area (Å²) in [6.07, 6.45) is 0.997. The van der Waals surface area contributed by atoms with Crippen LogP contribution < -0.4 is 4.74 Å². The highest BCUT2D eigenvalue weighted by Crippen LogP contribution is 2.28. The highest BCUT2D eigenvalue weighted by atomic mass is 16.6. The molecule has 0 N–H and O–H groups in total. The third kappa shape index (κ3) is 3.29. The summed E-state index contributed by atoms with van der Waals surface area (Å²) in [6, 6.07) is 4.79. The number of nitro benzene ring substituents is 1. The van der Waals surface area contributed by atoms with E-state index in [0.717, 1.165) is 5.56 Å². The molecule has 0 spiro atoms. The number of nitro groups is 1. The monoisotopic (exact) mass is 251 g/mol. The van der Waals surface area contributed by atoms with Gasteiger partial charge in [0.05, 0.1) is 12.0 Å². The maximum absolute atomic E-state index is 11.5. The second-order valence-corrected chi connectivity index (χ2v) is 4.19. The minimum Gasteiger partial charge on any atom is -0.490 e. The SMILES string of the molecule is CCC(=O)C(C)Cc1ccc(OC)c([N+](=O)[O-])c1. The summed E-state index contributed by atoms with van der Waals surface area (Å²) in [5.74, 6) is 0.273.